The molecule has 0 saturated carbocycles. The number of methoxy groups -OCH3 is 1. The first-order chi connectivity index (χ1) is 7.76. The van der Waals surface area contributed by atoms with E-state index in [1.54, 1.807) is 7.11 Å². The first-order valence-corrected chi connectivity index (χ1v) is 6.66. The Morgan fingerprint density at radius 2 is 2.00 bits per heavy atom. The van der Waals surface area contributed by atoms with Crippen molar-refractivity contribution in [3.8, 4) is 5.75 Å². The second-order valence-corrected chi connectivity index (χ2v) is 5.34. The molecule has 0 amide bonds. The lowest BCUT2D eigenvalue weighted by Crippen LogP contribution is -2.01. The topological polar surface area (TPSA) is 29.5 Å². The molecular formula is C13H20O2S. The van der Waals surface area contributed by atoms with Crippen LogP contribution < -0.4 is 4.74 Å². The van der Waals surface area contributed by atoms with E-state index in [1.165, 1.54) is 5.56 Å². The average Bonchev–Trinajstić information content (AvgIpc) is 2.30. The summed E-state index contributed by atoms with van der Waals surface area (Å²) in [7, 11) is 1.68. The number of rotatable bonds is 7. The van der Waals surface area contributed by atoms with E-state index < -0.39 is 0 Å². The van der Waals surface area contributed by atoms with Crippen molar-refractivity contribution in [3.63, 3.8) is 0 Å². The molecule has 0 spiro atoms. The Labute approximate surface area is 102 Å². The Morgan fingerprint density at radius 1 is 1.31 bits per heavy atom. The third-order valence-corrected chi connectivity index (χ3v) is 3.73. The third-order valence-electron chi connectivity index (χ3n) is 2.49. The van der Waals surface area contributed by atoms with Crippen LogP contribution in [0.5, 0.6) is 5.75 Å². The summed E-state index contributed by atoms with van der Waals surface area (Å²) in [5, 5.41) is 9.33. The van der Waals surface area contributed by atoms with Gasteiger partial charge in [-0.2, -0.15) is 11.8 Å². The van der Waals surface area contributed by atoms with Crippen molar-refractivity contribution in [2.45, 2.75) is 25.0 Å². The summed E-state index contributed by atoms with van der Waals surface area (Å²) in [6.45, 7) is 2.45. The first-order valence-electron chi connectivity index (χ1n) is 5.61. The quantitative estimate of drug-likeness (QED) is 0.794. The Kier molecular flexibility index (Phi) is 6.34. The molecule has 1 unspecified atom stereocenters. The predicted octanol–water partition coefficient (Wildman–Crippen LogP) is 2.74. The van der Waals surface area contributed by atoms with Gasteiger partial charge in [-0.25, -0.2) is 0 Å². The van der Waals surface area contributed by atoms with Crippen LogP contribution in [0.1, 0.15) is 18.9 Å². The third kappa shape index (κ3) is 4.90. The minimum Gasteiger partial charge on any atom is -0.497 e. The number of benzene rings is 1. The molecule has 1 rings (SSSR count). The van der Waals surface area contributed by atoms with Crippen LogP contribution in [0, 0.1) is 0 Å². The number of aryl methyl sites for hydroxylation is 1. The monoisotopic (exact) mass is 240 g/mol. The van der Waals surface area contributed by atoms with E-state index in [0.717, 1.165) is 24.3 Å². The molecular weight excluding hydrogens is 220 g/mol. The second kappa shape index (κ2) is 7.58. The summed E-state index contributed by atoms with van der Waals surface area (Å²) >= 11 is 1.91. The molecule has 1 aromatic rings. The lowest BCUT2D eigenvalue weighted by atomic mass is 10.2. The smallest absolute Gasteiger partial charge is 0.118 e. The second-order valence-electron chi connectivity index (χ2n) is 3.79. The number of thioether (sulfide) groups is 1. The normalized spacial score (nSPS) is 12.4. The van der Waals surface area contributed by atoms with Gasteiger partial charge in [0.25, 0.3) is 0 Å². The fourth-order valence-corrected chi connectivity index (χ4v) is 2.46. The van der Waals surface area contributed by atoms with E-state index in [4.69, 9.17) is 9.84 Å². The van der Waals surface area contributed by atoms with Crippen molar-refractivity contribution in [2.75, 3.05) is 19.5 Å². The summed E-state index contributed by atoms with van der Waals surface area (Å²) in [6, 6.07) is 8.21. The van der Waals surface area contributed by atoms with Crippen molar-refractivity contribution in [3.05, 3.63) is 29.8 Å². The van der Waals surface area contributed by atoms with Gasteiger partial charge in [0, 0.05) is 11.9 Å². The highest BCUT2D eigenvalue weighted by Gasteiger charge is 2.01. The number of aliphatic hydroxyl groups excluding tert-OH is 1. The fraction of sp³-hybridized carbons (Fsp3) is 0.538. The zero-order chi connectivity index (χ0) is 11.8. The van der Waals surface area contributed by atoms with Gasteiger partial charge >= 0.3 is 0 Å². The maximum atomic E-state index is 8.78. The standard InChI is InChI=1S/C13H20O2S/c1-11(7-9-14)16-10-8-12-3-5-13(15-2)6-4-12/h3-6,11,14H,7-10H2,1-2H3. The van der Waals surface area contributed by atoms with E-state index >= 15 is 0 Å². The van der Waals surface area contributed by atoms with Gasteiger partial charge in [-0.05, 0) is 36.3 Å². The van der Waals surface area contributed by atoms with Crippen LogP contribution in [-0.2, 0) is 6.42 Å². The van der Waals surface area contributed by atoms with Crippen LogP contribution in [0.3, 0.4) is 0 Å². The maximum absolute atomic E-state index is 8.78. The SMILES string of the molecule is COc1ccc(CCSC(C)CCO)cc1. The van der Waals surface area contributed by atoms with Crippen molar-refractivity contribution < 1.29 is 9.84 Å². The van der Waals surface area contributed by atoms with Crippen LogP contribution in [0.4, 0.5) is 0 Å². The molecule has 2 nitrogen and oxygen atoms in total. The summed E-state index contributed by atoms with van der Waals surface area (Å²) < 4.78 is 5.11. The molecule has 3 heteroatoms. The lowest BCUT2D eigenvalue weighted by Gasteiger charge is -2.09. The highest BCUT2D eigenvalue weighted by molar-refractivity contribution is 7.99. The molecule has 0 bridgehead atoms. The predicted molar refractivity (Wildman–Crippen MR) is 70.3 cm³/mol. The van der Waals surface area contributed by atoms with Crippen molar-refractivity contribution in [2.24, 2.45) is 0 Å². The van der Waals surface area contributed by atoms with Crippen molar-refractivity contribution in [1.82, 2.24) is 0 Å². The largest absolute Gasteiger partial charge is 0.497 e. The number of aliphatic hydroxyl groups is 1. The van der Waals surface area contributed by atoms with Crippen LogP contribution in [0.2, 0.25) is 0 Å². The minimum atomic E-state index is 0.288. The molecule has 90 valence electrons. The molecule has 1 aromatic carbocycles. The summed E-state index contributed by atoms with van der Waals surface area (Å²) in [4.78, 5) is 0. The van der Waals surface area contributed by atoms with Crippen molar-refractivity contribution >= 4 is 11.8 Å². The van der Waals surface area contributed by atoms with Crippen LogP contribution >= 0.6 is 11.8 Å². The highest BCUT2D eigenvalue weighted by atomic mass is 32.2. The zero-order valence-electron chi connectivity index (χ0n) is 9.98. The Hall–Kier alpha value is -0.670. The molecule has 0 radical (unpaired) electrons. The number of ether oxygens (including phenoxy) is 1. The number of hydrogen-bond acceptors (Lipinski definition) is 3. The van der Waals surface area contributed by atoms with Gasteiger partial charge < -0.3 is 9.84 Å². The van der Waals surface area contributed by atoms with E-state index in [9.17, 15) is 0 Å². The molecule has 0 aliphatic heterocycles. The van der Waals surface area contributed by atoms with Gasteiger partial charge in [-0.3, -0.25) is 0 Å². The molecule has 16 heavy (non-hydrogen) atoms. The molecule has 0 aliphatic carbocycles. The van der Waals surface area contributed by atoms with E-state index in [-0.39, 0.29) is 6.61 Å². The highest BCUT2D eigenvalue weighted by Crippen LogP contribution is 2.17. The van der Waals surface area contributed by atoms with Crippen LogP contribution in [-0.4, -0.2) is 29.8 Å². The summed E-state index contributed by atoms with van der Waals surface area (Å²) in [5.41, 5.74) is 1.34. The van der Waals surface area contributed by atoms with Gasteiger partial charge in [0.15, 0.2) is 0 Å². The molecule has 0 fully saturated rings. The number of hydrogen-bond donors (Lipinski definition) is 1. The summed E-state index contributed by atoms with van der Waals surface area (Å²) in [6.07, 6.45) is 1.96. The molecule has 0 aliphatic rings. The van der Waals surface area contributed by atoms with Crippen LogP contribution in [0.15, 0.2) is 24.3 Å². The maximum Gasteiger partial charge on any atom is 0.118 e. The Balaban J connectivity index is 2.26. The van der Waals surface area contributed by atoms with Gasteiger partial charge in [-0.15, -0.1) is 0 Å². The Bertz CT molecular complexity index is 284. The van der Waals surface area contributed by atoms with Gasteiger partial charge in [0.2, 0.25) is 0 Å². The van der Waals surface area contributed by atoms with Crippen LogP contribution in [0.25, 0.3) is 0 Å². The van der Waals surface area contributed by atoms with E-state index in [0.29, 0.717) is 5.25 Å². The average molecular weight is 240 g/mol. The zero-order valence-corrected chi connectivity index (χ0v) is 10.8. The molecule has 1 N–H and O–H groups in total. The fourth-order valence-electron chi connectivity index (χ4n) is 1.44. The van der Waals surface area contributed by atoms with Crippen molar-refractivity contribution in [1.29, 1.82) is 0 Å². The molecule has 0 saturated heterocycles. The Morgan fingerprint density at radius 3 is 2.56 bits per heavy atom. The minimum absolute atomic E-state index is 0.288. The van der Waals surface area contributed by atoms with Gasteiger partial charge in [0.1, 0.15) is 5.75 Å². The molecule has 0 aromatic heterocycles. The molecule has 1 atom stereocenters. The van der Waals surface area contributed by atoms with Gasteiger partial charge in [0.05, 0.1) is 7.11 Å². The summed E-state index contributed by atoms with van der Waals surface area (Å²) in [5.74, 6) is 2.01. The lowest BCUT2D eigenvalue weighted by molar-refractivity contribution is 0.289. The van der Waals surface area contributed by atoms with E-state index in [1.807, 2.05) is 23.9 Å². The first kappa shape index (κ1) is 13.4. The van der Waals surface area contributed by atoms with E-state index in [2.05, 4.69) is 19.1 Å². The molecule has 0 heterocycles. The van der Waals surface area contributed by atoms with Gasteiger partial charge in [-0.1, -0.05) is 19.1 Å².